The van der Waals surface area contributed by atoms with Crippen LogP contribution in [-0.4, -0.2) is 5.11 Å². The fraction of sp³-hybridized carbons (Fsp3) is 0.130. The summed E-state index contributed by atoms with van der Waals surface area (Å²) in [6.07, 6.45) is 0. The van der Waals surface area contributed by atoms with Gasteiger partial charge < -0.3 is 9.84 Å². The molecule has 0 aliphatic rings. The van der Waals surface area contributed by atoms with E-state index in [1.165, 1.54) is 32.7 Å². The van der Waals surface area contributed by atoms with E-state index in [-0.39, 0.29) is 6.61 Å². The van der Waals surface area contributed by atoms with E-state index in [4.69, 9.17) is 4.74 Å². The topological polar surface area (TPSA) is 29.5 Å². The van der Waals surface area contributed by atoms with E-state index >= 15 is 0 Å². The molecule has 4 aromatic carbocycles. The van der Waals surface area contributed by atoms with Crippen LogP contribution in [0.5, 0.6) is 5.75 Å². The van der Waals surface area contributed by atoms with E-state index in [2.05, 4.69) is 55.5 Å². The Morgan fingerprint density at radius 3 is 1.96 bits per heavy atom. The maximum Gasteiger partial charge on any atom is 0.120 e. The number of aliphatic hydroxyl groups excluding tert-OH is 1. The first-order chi connectivity index (χ1) is 12.3. The van der Waals surface area contributed by atoms with Gasteiger partial charge in [0.2, 0.25) is 0 Å². The molecule has 0 aliphatic carbocycles. The van der Waals surface area contributed by atoms with Crippen LogP contribution in [0.15, 0.2) is 72.8 Å². The van der Waals surface area contributed by atoms with Gasteiger partial charge in [0.15, 0.2) is 0 Å². The van der Waals surface area contributed by atoms with Crippen LogP contribution in [0.4, 0.5) is 0 Å². The summed E-state index contributed by atoms with van der Waals surface area (Å²) < 4.78 is 6.08. The number of rotatable bonds is 4. The van der Waals surface area contributed by atoms with Gasteiger partial charge in [0.25, 0.3) is 0 Å². The van der Waals surface area contributed by atoms with Gasteiger partial charge in [-0.25, -0.2) is 0 Å². The van der Waals surface area contributed by atoms with E-state index in [0.29, 0.717) is 6.61 Å². The number of benzene rings is 4. The molecular weight excluding hydrogens is 308 g/mol. The lowest BCUT2D eigenvalue weighted by molar-refractivity contribution is 0.278. The number of hydrogen-bond acceptors (Lipinski definition) is 2. The zero-order chi connectivity index (χ0) is 17.2. The molecular formula is C23H20O2. The summed E-state index contributed by atoms with van der Waals surface area (Å²) in [7, 11) is 0. The number of aliphatic hydroxyl groups is 1. The predicted molar refractivity (Wildman–Crippen MR) is 103 cm³/mol. The van der Waals surface area contributed by atoms with Gasteiger partial charge in [-0.3, -0.25) is 0 Å². The molecule has 124 valence electrons. The zero-order valence-corrected chi connectivity index (χ0v) is 14.2. The molecule has 0 amide bonds. The van der Waals surface area contributed by atoms with Gasteiger partial charge in [0, 0.05) is 5.56 Å². The Bertz CT molecular complexity index is 993. The Morgan fingerprint density at radius 2 is 1.36 bits per heavy atom. The van der Waals surface area contributed by atoms with Crippen LogP contribution in [0.2, 0.25) is 0 Å². The highest BCUT2D eigenvalue weighted by molar-refractivity contribution is 6.05. The van der Waals surface area contributed by atoms with Crippen molar-refractivity contribution in [2.24, 2.45) is 0 Å². The Morgan fingerprint density at radius 1 is 0.760 bits per heavy atom. The van der Waals surface area contributed by atoms with Crippen molar-refractivity contribution in [1.82, 2.24) is 0 Å². The number of aryl methyl sites for hydroxylation is 1. The molecule has 0 radical (unpaired) electrons. The van der Waals surface area contributed by atoms with Gasteiger partial charge in [-0.15, -0.1) is 0 Å². The molecule has 0 spiro atoms. The number of fused-ring (bicyclic) bond motifs is 2. The second kappa shape index (κ2) is 6.58. The van der Waals surface area contributed by atoms with Crippen LogP contribution in [0, 0.1) is 6.92 Å². The first-order valence-electron chi connectivity index (χ1n) is 8.49. The maximum atomic E-state index is 9.30. The Hall–Kier alpha value is -2.84. The normalized spacial score (nSPS) is 11.1. The average Bonchev–Trinajstić information content (AvgIpc) is 2.68. The van der Waals surface area contributed by atoms with Crippen LogP contribution in [0.3, 0.4) is 0 Å². The standard InChI is InChI=1S/C23H20O2/c1-16-19-9-2-4-11-21(19)23(22-12-5-3-10-20(16)22)15-25-18-8-6-7-17(13-18)14-24/h2-13,24H,14-15H2,1H3. The fourth-order valence-corrected chi connectivity index (χ4v) is 3.48. The fourth-order valence-electron chi connectivity index (χ4n) is 3.48. The highest BCUT2D eigenvalue weighted by Gasteiger charge is 2.11. The summed E-state index contributed by atoms with van der Waals surface area (Å²) >= 11 is 0. The summed E-state index contributed by atoms with van der Waals surface area (Å²) in [5.74, 6) is 0.778. The van der Waals surface area contributed by atoms with Gasteiger partial charge in [-0.05, 0) is 51.7 Å². The molecule has 4 aromatic rings. The van der Waals surface area contributed by atoms with E-state index in [9.17, 15) is 5.11 Å². The molecule has 0 fully saturated rings. The van der Waals surface area contributed by atoms with Crippen LogP contribution in [-0.2, 0) is 13.2 Å². The second-order valence-electron chi connectivity index (χ2n) is 6.29. The summed E-state index contributed by atoms with van der Waals surface area (Å²) in [4.78, 5) is 0. The van der Waals surface area contributed by atoms with Crippen LogP contribution >= 0.6 is 0 Å². The van der Waals surface area contributed by atoms with E-state index in [0.717, 1.165) is 11.3 Å². The summed E-state index contributed by atoms with van der Waals surface area (Å²) in [6.45, 7) is 2.70. The third-order valence-corrected chi connectivity index (χ3v) is 4.78. The van der Waals surface area contributed by atoms with Gasteiger partial charge >= 0.3 is 0 Å². The first-order valence-corrected chi connectivity index (χ1v) is 8.49. The third kappa shape index (κ3) is 2.86. The minimum Gasteiger partial charge on any atom is -0.489 e. The third-order valence-electron chi connectivity index (χ3n) is 4.78. The monoisotopic (exact) mass is 328 g/mol. The van der Waals surface area contributed by atoms with Gasteiger partial charge in [0.1, 0.15) is 12.4 Å². The Kier molecular flexibility index (Phi) is 4.12. The zero-order valence-electron chi connectivity index (χ0n) is 14.2. The van der Waals surface area contributed by atoms with Crippen molar-refractivity contribution in [3.05, 3.63) is 89.5 Å². The van der Waals surface area contributed by atoms with E-state index in [1.807, 2.05) is 24.3 Å². The Balaban J connectivity index is 1.83. The molecule has 2 heteroatoms. The summed E-state index contributed by atoms with van der Waals surface area (Å²) in [6, 6.07) is 24.6. The molecule has 0 atom stereocenters. The number of hydrogen-bond donors (Lipinski definition) is 1. The van der Waals surface area contributed by atoms with E-state index in [1.54, 1.807) is 0 Å². The van der Waals surface area contributed by atoms with Crippen molar-refractivity contribution < 1.29 is 9.84 Å². The summed E-state index contributed by atoms with van der Waals surface area (Å²) in [5, 5.41) is 14.3. The highest BCUT2D eigenvalue weighted by Crippen LogP contribution is 2.33. The van der Waals surface area contributed by atoms with Crippen LogP contribution in [0.25, 0.3) is 21.5 Å². The van der Waals surface area contributed by atoms with Gasteiger partial charge in [-0.1, -0.05) is 60.7 Å². The second-order valence-corrected chi connectivity index (χ2v) is 6.29. The average molecular weight is 328 g/mol. The van der Waals surface area contributed by atoms with Crippen LogP contribution in [0.1, 0.15) is 16.7 Å². The molecule has 0 aliphatic heterocycles. The number of ether oxygens (including phenoxy) is 1. The molecule has 0 aromatic heterocycles. The molecule has 1 N–H and O–H groups in total. The predicted octanol–water partition coefficient (Wildman–Crippen LogP) is 5.37. The van der Waals surface area contributed by atoms with Crippen molar-refractivity contribution in [3.8, 4) is 5.75 Å². The van der Waals surface area contributed by atoms with Crippen molar-refractivity contribution >= 4 is 21.5 Å². The quantitative estimate of drug-likeness (QED) is 0.510. The van der Waals surface area contributed by atoms with Crippen LogP contribution < -0.4 is 4.74 Å². The van der Waals surface area contributed by atoms with Crippen molar-refractivity contribution in [3.63, 3.8) is 0 Å². The van der Waals surface area contributed by atoms with E-state index < -0.39 is 0 Å². The van der Waals surface area contributed by atoms with Crippen molar-refractivity contribution in [2.45, 2.75) is 20.1 Å². The van der Waals surface area contributed by atoms with Gasteiger partial charge in [-0.2, -0.15) is 0 Å². The minimum absolute atomic E-state index is 0.0214. The molecule has 25 heavy (non-hydrogen) atoms. The lowest BCUT2D eigenvalue weighted by Gasteiger charge is -2.15. The molecule has 0 unspecified atom stereocenters. The molecule has 0 saturated carbocycles. The lowest BCUT2D eigenvalue weighted by Crippen LogP contribution is -1.99. The molecule has 2 nitrogen and oxygen atoms in total. The van der Waals surface area contributed by atoms with Crippen molar-refractivity contribution in [1.29, 1.82) is 0 Å². The van der Waals surface area contributed by atoms with Crippen molar-refractivity contribution in [2.75, 3.05) is 0 Å². The molecule has 4 rings (SSSR count). The summed E-state index contributed by atoms with van der Waals surface area (Å²) in [5.41, 5.74) is 3.36. The molecule has 0 bridgehead atoms. The lowest BCUT2D eigenvalue weighted by atomic mass is 9.93. The smallest absolute Gasteiger partial charge is 0.120 e. The highest BCUT2D eigenvalue weighted by atomic mass is 16.5. The molecule has 0 saturated heterocycles. The van der Waals surface area contributed by atoms with Gasteiger partial charge in [0.05, 0.1) is 6.61 Å². The minimum atomic E-state index is 0.0214. The Labute approximate surface area is 147 Å². The first kappa shape index (κ1) is 15.7. The largest absolute Gasteiger partial charge is 0.489 e. The molecule has 0 heterocycles. The SMILES string of the molecule is Cc1c2ccccc2c(COc2cccc(CO)c2)c2ccccc12. The maximum absolute atomic E-state index is 9.30.